The molecule has 0 aliphatic rings. The average molecular weight is 256 g/mol. The lowest BCUT2D eigenvalue weighted by molar-refractivity contribution is 0.832. The van der Waals surface area contributed by atoms with Gasteiger partial charge in [-0.25, -0.2) is 9.97 Å². The van der Waals surface area contributed by atoms with E-state index in [9.17, 15) is 0 Å². The molecule has 19 heavy (non-hydrogen) atoms. The highest BCUT2D eigenvalue weighted by atomic mass is 15.2. The first-order valence-corrected chi connectivity index (χ1v) is 6.63. The van der Waals surface area contributed by atoms with E-state index in [-0.39, 0.29) is 0 Å². The lowest BCUT2D eigenvalue weighted by atomic mass is 10.2. The largest absolute Gasteiger partial charge is 0.359 e. The minimum absolute atomic E-state index is 0.822. The third kappa shape index (κ3) is 3.50. The first kappa shape index (κ1) is 13.5. The van der Waals surface area contributed by atoms with E-state index in [2.05, 4.69) is 46.0 Å². The maximum atomic E-state index is 4.56. The fraction of sp³-hybridized carbons (Fsp3) is 0.400. The molecule has 4 heteroatoms. The molecule has 0 atom stereocenters. The Morgan fingerprint density at radius 3 is 2.63 bits per heavy atom. The average Bonchev–Trinajstić information content (AvgIpc) is 2.46. The van der Waals surface area contributed by atoms with E-state index in [1.165, 1.54) is 11.1 Å². The molecule has 2 rings (SSSR count). The van der Waals surface area contributed by atoms with Gasteiger partial charge in [-0.1, -0.05) is 6.92 Å². The van der Waals surface area contributed by atoms with Crippen LogP contribution in [0, 0.1) is 6.92 Å². The SMILES string of the molecule is CCc1cnc(C)nc1N(C)CCc1ccncc1. The van der Waals surface area contributed by atoms with E-state index in [1.54, 1.807) is 0 Å². The minimum atomic E-state index is 0.822. The Kier molecular flexibility index (Phi) is 4.44. The second kappa shape index (κ2) is 6.27. The van der Waals surface area contributed by atoms with Gasteiger partial charge in [0.1, 0.15) is 11.6 Å². The molecule has 0 aliphatic heterocycles. The third-order valence-corrected chi connectivity index (χ3v) is 3.19. The topological polar surface area (TPSA) is 41.9 Å². The molecule has 0 radical (unpaired) electrons. The molecule has 0 saturated carbocycles. The molecular weight excluding hydrogens is 236 g/mol. The summed E-state index contributed by atoms with van der Waals surface area (Å²) in [5.74, 6) is 1.87. The van der Waals surface area contributed by atoms with Crippen LogP contribution in [0.1, 0.15) is 23.9 Å². The van der Waals surface area contributed by atoms with Crippen molar-refractivity contribution in [3.05, 3.63) is 47.7 Å². The lowest BCUT2D eigenvalue weighted by Gasteiger charge is -2.21. The van der Waals surface area contributed by atoms with Gasteiger partial charge in [0.2, 0.25) is 0 Å². The number of likely N-dealkylation sites (N-methyl/N-ethyl adjacent to an activating group) is 1. The van der Waals surface area contributed by atoms with Crippen LogP contribution in [-0.4, -0.2) is 28.5 Å². The Hall–Kier alpha value is -1.97. The highest BCUT2D eigenvalue weighted by molar-refractivity contribution is 5.45. The number of nitrogens with zero attached hydrogens (tertiary/aromatic N) is 4. The van der Waals surface area contributed by atoms with Gasteiger partial charge in [0.25, 0.3) is 0 Å². The van der Waals surface area contributed by atoms with Crippen molar-refractivity contribution in [2.24, 2.45) is 0 Å². The van der Waals surface area contributed by atoms with Gasteiger partial charge in [0.15, 0.2) is 0 Å². The van der Waals surface area contributed by atoms with E-state index < -0.39 is 0 Å². The summed E-state index contributed by atoms with van der Waals surface area (Å²) in [5.41, 5.74) is 2.49. The molecular formula is C15H20N4. The quantitative estimate of drug-likeness (QED) is 0.824. The number of hydrogen-bond acceptors (Lipinski definition) is 4. The smallest absolute Gasteiger partial charge is 0.135 e. The Bertz CT molecular complexity index is 525. The van der Waals surface area contributed by atoms with Crippen LogP contribution in [0.15, 0.2) is 30.7 Å². The first-order chi connectivity index (χ1) is 9.20. The van der Waals surface area contributed by atoms with Crippen molar-refractivity contribution < 1.29 is 0 Å². The van der Waals surface area contributed by atoms with Gasteiger partial charge in [0.05, 0.1) is 0 Å². The van der Waals surface area contributed by atoms with Crippen molar-refractivity contribution in [2.45, 2.75) is 26.7 Å². The van der Waals surface area contributed by atoms with Crippen LogP contribution in [0.2, 0.25) is 0 Å². The summed E-state index contributed by atoms with van der Waals surface area (Å²) < 4.78 is 0. The highest BCUT2D eigenvalue weighted by Crippen LogP contribution is 2.16. The summed E-state index contributed by atoms with van der Waals surface area (Å²) in [7, 11) is 2.09. The summed E-state index contributed by atoms with van der Waals surface area (Å²) >= 11 is 0. The van der Waals surface area contributed by atoms with Gasteiger partial charge in [-0.2, -0.15) is 0 Å². The Morgan fingerprint density at radius 1 is 1.21 bits per heavy atom. The van der Waals surface area contributed by atoms with Gasteiger partial charge in [0, 0.05) is 37.7 Å². The monoisotopic (exact) mass is 256 g/mol. The third-order valence-electron chi connectivity index (χ3n) is 3.19. The van der Waals surface area contributed by atoms with Gasteiger partial charge in [-0.3, -0.25) is 4.98 Å². The van der Waals surface area contributed by atoms with Crippen LogP contribution in [-0.2, 0) is 12.8 Å². The van der Waals surface area contributed by atoms with Gasteiger partial charge in [-0.15, -0.1) is 0 Å². The fourth-order valence-electron chi connectivity index (χ4n) is 2.02. The molecule has 2 heterocycles. The molecule has 0 bridgehead atoms. The second-order valence-corrected chi connectivity index (χ2v) is 4.65. The number of hydrogen-bond donors (Lipinski definition) is 0. The molecule has 0 spiro atoms. The van der Waals surface area contributed by atoms with Crippen LogP contribution in [0.4, 0.5) is 5.82 Å². The molecule has 0 saturated heterocycles. The molecule has 0 aliphatic carbocycles. The molecule has 2 aromatic rings. The molecule has 2 aromatic heterocycles. The Balaban J connectivity index is 2.07. The van der Waals surface area contributed by atoms with Crippen LogP contribution in [0.25, 0.3) is 0 Å². The standard InChI is InChI=1S/C15H20N4/c1-4-14-11-17-12(2)18-15(14)19(3)10-7-13-5-8-16-9-6-13/h5-6,8-9,11H,4,7,10H2,1-3H3. The molecule has 0 N–H and O–H groups in total. The summed E-state index contributed by atoms with van der Waals surface area (Å²) in [6.45, 7) is 5.00. The van der Waals surface area contributed by atoms with Crippen molar-refractivity contribution in [3.8, 4) is 0 Å². The van der Waals surface area contributed by atoms with E-state index in [4.69, 9.17) is 0 Å². The maximum absolute atomic E-state index is 4.56. The van der Waals surface area contributed by atoms with Crippen molar-refractivity contribution in [1.82, 2.24) is 15.0 Å². The van der Waals surface area contributed by atoms with E-state index in [1.807, 2.05) is 25.5 Å². The second-order valence-electron chi connectivity index (χ2n) is 4.65. The molecule has 0 fully saturated rings. The van der Waals surface area contributed by atoms with Crippen molar-refractivity contribution in [3.63, 3.8) is 0 Å². The van der Waals surface area contributed by atoms with E-state index in [0.29, 0.717) is 0 Å². The van der Waals surface area contributed by atoms with Crippen molar-refractivity contribution in [2.75, 3.05) is 18.5 Å². The highest BCUT2D eigenvalue weighted by Gasteiger charge is 2.09. The molecule has 0 amide bonds. The Labute approximate surface area is 114 Å². The maximum Gasteiger partial charge on any atom is 0.135 e. The van der Waals surface area contributed by atoms with Crippen LogP contribution >= 0.6 is 0 Å². The predicted molar refractivity (Wildman–Crippen MR) is 77.4 cm³/mol. The van der Waals surface area contributed by atoms with Crippen LogP contribution in [0.5, 0.6) is 0 Å². The van der Waals surface area contributed by atoms with Crippen molar-refractivity contribution in [1.29, 1.82) is 0 Å². The zero-order chi connectivity index (χ0) is 13.7. The van der Waals surface area contributed by atoms with E-state index >= 15 is 0 Å². The normalized spacial score (nSPS) is 10.5. The zero-order valence-corrected chi connectivity index (χ0v) is 11.8. The van der Waals surface area contributed by atoms with E-state index in [0.717, 1.165) is 31.0 Å². The summed E-state index contributed by atoms with van der Waals surface area (Å²) in [4.78, 5) is 15.1. The Morgan fingerprint density at radius 2 is 1.95 bits per heavy atom. The lowest BCUT2D eigenvalue weighted by Crippen LogP contribution is -2.23. The van der Waals surface area contributed by atoms with Gasteiger partial charge < -0.3 is 4.90 Å². The molecule has 100 valence electrons. The van der Waals surface area contributed by atoms with Crippen LogP contribution < -0.4 is 4.90 Å². The molecule has 4 nitrogen and oxygen atoms in total. The number of aromatic nitrogens is 3. The number of aryl methyl sites for hydroxylation is 2. The molecule has 0 unspecified atom stereocenters. The van der Waals surface area contributed by atoms with Gasteiger partial charge >= 0.3 is 0 Å². The molecule has 0 aromatic carbocycles. The fourth-order valence-corrected chi connectivity index (χ4v) is 2.02. The summed E-state index contributed by atoms with van der Waals surface area (Å²) in [6.07, 6.45) is 7.55. The van der Waals surface area contributed by atoms with Crippen molar-refractivity contribution >= 4 is 5.82 Å². The zero-order valence-electron chi connectivity index (χ0n) is 11.8. The summed E-state index contributed by atoms with van der Waals surface area (Å²) in [6, 6.07) is 4.11. The van der Waals surface area contributed by atoms with Crippen LogP contribution in [0.3, 0.4) is 0 Å². The number of rotatable bonds is 5. The summed E-state index contributed by atoms with van der Waals surface area (Å²) in [5, 5.41) is 0. The number of anilines is 1. The minimum Gasteiger partial charge on any atom is -0.359 e. The predicted octanol–water partition coefficient (Wildman–Crippen LogP) is 2.42. The first-order valence-electron chi connectivity index (χ1n) is 6.63. The van der Waals surface area contributed by atoms with Gasteiger partial charge in [-0.05, 0) is 37.5 Å². The number of pyridine rings is 1.